The van der Waals surface area contributed by atoms with E-state index in [0.717, 1.165) is 16.6 Å². The third kappa shape index (κ3) is 4.91. The minimum absolute atomic E-state index is 0.135. The van der Waals surface area contributed by atoms with Gasteiger partial charge in [0.2, 0.25) is 11.8 Å². The van der Waals surface area contributed by atoms with Crippen molar-refractivity contribution in [3.8, 4) is 10.8 Å². The van der Waals surface area contributed by atoms with Crippen LogP contribution in [0.15, 0.2) is 51.4 Å². The maximum Gasteiger partial charge on any atom is 0.277 e. The van der Waals surface area contributed by atoms with Crippen LogP contribution >= 0.6 is 23.1 Å². The van der Waals surface area contributed by atoms with Crippen molar-refractivity contribution >= 4 is 46.3 Å². The van der Waals surface area contributed by atoms with Crippen LogP contribution in [0.2, 0.25) is 0 Å². The van der Waals surface area contributed by atoms with E-state index in [4.69, 9.17) is 4.42 Å². The highest BCUT2D eigenvalue weighted by molar-refractivity contribution is 7.99. The van der Waals surface area contributed by atoms with Gasteiger partial charge < -0.3 is 15.1 Å². The lowest BCUT2D eigenvalue weighted by Crippen LogP contribution is -2.14. The van der Waals surface area contributed by atoms with Crippen molar-refractivity contribution in [3.63, 3.8) is 0 Å². The molecule has 0 spiro atoms. The standard InChI is InChI=1S/C16H14N4O3S2/c1-10(21)17-11-4-2-5-12(8-11)18-14(22)9-25-16-20-19-15(23-16)13-6-3-7-24-13/h2-8H,9H2,1H3,(H,17,21)(H,18,22). The second-order valence-corrected chi connectivity index (χ2v) is 6.82. The number of aromatic nitrogens is 2. The zero-order valence-corrected chi connectivity index (χ0v) is 14.8. The molecular formula is C16H14N4O3S2. The molecule has 3 rings (SSSR count). The zero-order chi connectivity index (χ0) is 17.6. The Hall–Kier alpha value is -2.65. The average molecular weight is 374 g/mol. The van der Waals surface area contributed by atoms with Crippen molar-refractivity contribution in [3.05, 3.63) is 41.8 Å². The van der Waals surface area contributed by atoms with Gasteiger partial charge in [0.1, 0.15) is 0 Å². The van der Waals surface area contributed by atoms with E-state index in [0.29, 0.717) is 22.5 Å². The lowest BCUT2D eigenvalue weighted by molar-refractivity contribution is -0.114. The van der Waals surface area contributed by atoms with Gasteiger partial charge in [0.25, 0.3) is 11.1 Å². The monoisotopic (exact) mass is 374 g/mol. The number of thioether (sulfide) groups is 1. The van der Waals surface area contributed by atoms with Crippen LogP contribution in [0.4, 0.5) is 11.4 Å². The third-order valence-electron chi connectivity index (χ3n) is 2.93. The summed E-state index contributed by atoms with van der Waals surface area (Å²) in [6.07, 6.45) is 0. The summed E-state index contributed by atoms with van der Waals surface area (Å²) in [5.74, 6) is 0.204. The maximum atomic E-state index is 12.0. The summed E-state index contributed by atoms with van der Waals surface area (Å²) in [4.78, 5) is 24.0. The smallest absolute Gasteiger partial charge is 0.277 e. The van der Waals surface area contributed by atoms with Crippen LogP contribution in [-0.4, -0.2) is 27.8 Å². The number of thiophene rings is 1. The molecule has 0 saturated heterocycles. The number of carbonyl (C=O) groups excluding carboxylic acids is 2. The summed E-state index contributed by atoms with van der Waals surface area (Å²) in [5, 5.41) is 15.6. The molecule has 0 aliphatic heterocycles. The topological polar surface area (TPSA) is 97.1 Å². The molecular weight excluding hydrogens is 360 g/mol. The second kappa shape index (κ2) is 7.95. The quantitative estimate of drug-likeness (QED) is 0.641. The molecule has 7 nitrogen and oxygen atoms in total. The van der Waals surface area contributed by atoms with E-state index < -0.39 is 0 Å². The average Bonchev–Trinajstić information content (AvgIpc) is 3.24. The van der Waals surface area contributed by atoms with Crippen LogP contribution in [0.5, 0.6) is 0 Å². The Balaban J connectivity index is 1.54. The molecule has 2 amide bonds. The van der Waals surface area contributed by atoms with Gasteiger partial charge in [0.05, 0.1) is 10.6 Å². The molecule has 0 bridgehead atoms. The molecule has 0 aliphatic rings. The summed E-state index contributed by atoms with van der Waals surface area (Å²) < 4.78 is 5.52. The first-order valence-electron chi connectivity index (χ1n) is 7.28. The molecule has 0 radical (unpaired) electrons. The number of carbonyl (C=O) groups is 2. The number of amides is 2. The number of benzene rings is 1. The van der Waals surface area contributed by atoms with Crippen LogP contribution in [0.25, 0.3) is 10.8 Å². The third-order valence-corrected chi connectivity index (χ3v) is 4.61. The number of nitrogens with one attached hydrogen (secondary N) is 2. The number of rotatable bonds is 6. The Morgan fingerprint density at radius 2 is 1.96 bits per heavy atom. The summed E-state index contributed by atoms with van der Waals surface area (Å²) in [5.41, 5.74) is 1.22. The van der Waals surface area contributed by atoms with E-state index in [1.165, 1.54) is 18.3 Å². The van der Waals surface area contributed by atoms with E-state index in [1.54, 1.807) is 24.3 Å². The molecule has 128 valence electrons. The molecule has 0 unspecified atom stereocenters. The van der Waals surface area contributed by atoms with Crippen molar-refractivity contribution in [1.29, 1.82) is 0 Å². The fraction of sp³-hybridized carbons (Fsp3) is 0.125. The lowest BCUT2D eigenvalue weighted by atomic mass is 10.2. The van der Waals surface area contributed by atoms with Gasteiger partial charge in [0, 0.05) is 18.3 Å². The Morgan fingerprint density at radius 1 is 1.16 bits per heavy atom. The van der Waals surface area contributed by atoms with E-state index >= 15 is 0 Å². The minimum Gasteiger partial charge on any atom is -0.410 e. The summed E-state index contributed by atoms with van der Waals surface area (Å²) in [7, 11) is 0. The molecule has 0 fully saturated rings. The van der Waals surface area contributed by atoms with E-state index in [2.05, 4.69) is 20.8 Å². The van der Waals surface area contributed by atoms with Crippen LogP contribution < -0.4 is 10.6 Å². The van der Waals surface area contributed by atoms with E-state index in [-0.39, 0.29) is 17.6 Å². The molecule has 2 N–H and O–H groups in total. The molecule has 9 heteroatoms. The molecule has 2 aromatic heterocycles. The van der Waals surface area contributed by atoms with Gasteiger partial charge in [-0.05, 0) is 29.6 Å². The van der Waals surface area contributed by atoms with Crippen molar-refractivity contribution in [2.24, 2.45) is 0 Å². The number of anilines is 2. The summed E-state index contributed by atoms with van der Waals surface area (Å²) >= 11 is 2.67. The molecule has 0 saturated carbocycles. The molecule has 1 aromatic carbocycles. The Labute approximate surface area is 151 Å². The van der Waals surface area contributed by atoms with Crippen LogP contribution in [0.1, 0.15) is 6.92 Å². The van der Waals surface area contributed by atoms with Gasteiger partial charge in [0.15, 0.2) is 0 Å². The molecule has 0 atom stereocenters. The molecule has 3 aromatic rings. The fourth-order valence-electron chi connectivity index (χ4n) is 1.97. The largest absolute Gasteiger partial charge is 0.410 e. The van der Waals surface area contributed by atoms with Gasteiger partial charge >= 0.3 is 0 Å². The van der Waals surface area contributed by atoms with Crippen LogP contribution in [0, 0.1) is 0 Å². The van der Waals surface area contributed by atoms with Crippen molar-refractivity contribution in [2.45, 2.75) is 12.1 Å². The van der Waals surface area contributed by atoms with Crippen molar-refractivity contribution in [1.82, 2.24) is 10.2 Å². The molecule has 2 heterocycles. The predicted molar refractivity (Wildman–Crippen MR) is 97.7 cm³/mol. The maximum absolute atomic E-state index is 12.0. The first-order valence-corrected chi connectivity index (χ1v) is 9.14. The Kier molecular flexibility index (Phi) is 5.46. The highest BCUT2D eigenvalue weighted by Gasteiger charge is 2.12. The van der Waals surface area contributed by atoms with Gasteiger partial charge in [-0.2, -0.15) is 0 Å². The van der Waals surface area contributed by atoms with Gasteiger partial charge in [-0.15, -0.1) is 21.5 Å². The number of hydrogen-bond donors (Lipinski definition) is 2. The summed E-state index contributed by atoms with van der Waals surface area (Å²) in [6, 6.07) is 10.7. The summed E-state index contributed by atoms with van der Waals surface area (Å²) in [6.45, 7) is 1.43. The van der Waals surface area contributed by atoms with Gasteiger partial charge in [-0.25, -0.2) is 0 Å². The first kappa shape index (κ1) is 17.2. The SMILES string of the molecule is CC(=O)Nc1cccc(NC(=O)CSc2nnc(-c3cccs3)o2)c1. The molecule has 25 heavy (non-hydrogen) atoms. The van der Waals surface area contributed by atoms with Crippen molar-refractivity contribution in [2.75, 3.05) is 16.4 Å². The Bertz CT molecular complexity index is 877. The Morgan fingerprint density at radius 3 is 2.68 bits per heavy atom. The lowest BCUT2D eigenvalue weighted by Gasteiger charge is -2.07. The normalized spacial score (nSPS) is 10.4. The highest BCUT2D eigenvalue weighted by Crippen LogP contribution is 2.26. The van der Waals surface area contributed by atoms with Crippen molar-refractivity contribution < 1.29 is 14.0 Å². The first-order chi connectivity index (χ1) is 12.1. The van der Waals surface area contributed by atoms with Gasteiger partial charge in [-0.3, -0.25) is 9.59 Å². The molecule has 0 aliphatic carbocycles. The zero-order valence-electron chi connectivity index (χ0n) is 13.2. The fourth-order valence-corrected chi connectivity index (χ4v) is 3.18. The second-order valence-electron chi connectivity index (χ2n) is 4.95. The number of nitrogens with zero attached hydrogens (tertiary/aromatic N) is 2. The number of hydrogen-bond acceptors (Lipinski definition) is 7. The minimum atomic E-state index is -0.208. The highest BCUT2D eigenvalue weighted by atomic mass is 32.2. The van der Waals surface area contributed by atoms with Gasteiger partial charge in [-0.1, -0.05) is 23.9 Å². The van der Waals surface area contributed by atoms with Crippen LogP contribution in [-0.2, 0) is 9.59 Å². The van der Waals surface area contributed by atoms with E-state index in [9.17, 15) is 9.59 Å². The van der Waals surface area contributed by atoms with Crippen LogP contribution in [0.3, 0.4) is 0 Å². The predicted octanol–water partition coefficient (Wildman–Crippen LogP) is 3.49. The van der Waals surface area contributed by atoms with E-state index in [1.807, 2.05) is 17.5 Å².